The van der Waals surface area contributed by atoms with E-state index in [1.54, 1.807) is 7.11 Å². The Morgan fingerprint density at radius 1 is 1.29 bits per heavy atom. The number of aryl methyl sites for hydroxylation is 1. The number of ether oxygens (including phenoxy) is 1. The van der Waals surface area contributed by atoms with E-state index in [4.69, 9.17) is 4.74 Å². The normalized spacial score (nSPS) is 24.6. The van der Waals surface area contributed by atoms with E-state index in [1.165, 1.54) is 37.1 Å². The molecule has 0 saturated carbocycles. The highest BCUT2D eigenvalue weighted by Crippen LogP contribution is 2.37. The molecule has 92 valence electrons. The highest BCUT2D eigenvalue weighted by Gasteiger charge is 2.28. The molecule has 0 radical (unpaired) electrons. The molecule has 1 saturated heterocycles. The molecule has 1 aliphatic carbocycles. The third kappa shape index (κ3) is 2.05. The molecule has 3 nitrogen and oxygen atoms in total. The number of hydrogen-bond acceptors (Lipinski definition) is 3. The Bertz CT molecular complexity index is 399. The van der Waals surface area contributed by atoms with Gasteiger partial charge < -0.3 is 10.1 Å². The lowest BCUT2D eigenvalue weighted by Gasteiger charge is -2.33. The maximum Gasteiger partial charge on any atom is 0.119 e. The Hall–Kier alpha value is -1.06. The largest absolute Gasteiger partial charge is 0.497 e. The Morgan fingerprint density at radius 3 is 2.88 bits per heavy atom. The van der Waals surface area contributed by atoms with Crippen molar-refractivity contribution in [3.63, 3.8) is 0 Å². The minimum atomic E-state index is 0.637. The Labute approximate surface area is 103 Å². The van der Waals surface area contributed by atoms with Gasteiger partial charge in [0.2, 0.25) is 0 Å². The third-order valence-electron chi connectivity index (χ3n) is 3.99. The molecule has 0 amide bonds. The van der Waals surface area contributed by atoms with Gasteiger partial charge in [0, 0.05) is 32.2 Å². The fourth-order valence-corrected chi connectivity index (χ4v) is 3.07. The summed E-state index contributed by atoms with van der Waals surface area (Å²) in [5.41, 5.74) is 3.00. The van der Waals surface area contributed by atoms with Crippen molar-refractivity contribution in [3.8, 4) is 5.75 Å². The van der Waals surface area contributed by atoms with Gasteiger partial charge in [-0.05, 0) is 36.1 Å². The van der Waals surface area contributed by atoms with Crippen LogP contribution in [0.4, 0.5) is 0 Å². The van der Waals surface area contributed by atoms with Crippen LogP contribution in [0, 0.1) is 0 Å². The predicted octanol–water partition coefficient (Wildman–Crippen LogP) is 1.59. The quantitative estimate of drug-likeness (QED) is 0.838. The van der Waals surface area contributed by atoms with Crippen LogP contribution >= 0.6 is 0 Å². The van der Waals surface area contributed by atoms with E-state index < -0.39 is 0 Å². The van der Waals surface area contributed by atoms with E-state index in [2.05, 4.69) is 28.4 Å². The SMILES string of the molecule is COc1ccc2c(c1)CCC2N1CCNCC1. The molecule has 0 bridgehead atoms. The minimum absolute atomic E-state index is 0.637. The predicted molar refractivity (Wildman–Crippen MR) is 68.5 cm³/mol. The minimum Gasteiger partial charge on any atom is -0.497 e. The molecule has 3 rings (SSSR count). The van der Waals surface area contributed by atoms with Crippen molar-refractivity contribution in [2.75, 3.05) is 33.3 Å². The van der Waals surface area contributed by atoms with Crippen LogP contribution in [0.15, 0.2) is 18.2 Å². The molecular weight excluding hydrogens is 212 g/mol. The molecule has 0 spiro atoms. The summed E-state index contributed by atoms with van der Waals surface area (Å²) in [7, 11) is 1.74. The molecule has 1 fully saturated rings. The van der Waals surface area contributed by atoms with Crippen molar-refractivity contribution >= 4 is 0 Å². The van der Waals surface area contributed by atoms with Gasteiger partial charge in [-0.15, -0.1) is 0 Å². The van der Waals surface area contributed by atoms with Gasteiger partial charge in [-0.1, -0.05) is 6.07 Å². The van der Waals surface area contributed by atoms with Gasteiger partial charge in [0.1, 0.15) is 5.75 Å². The molecule has 1 aromatic carbocycles. The molecular formula is C14H20N2O. The fourth-order valence-electron chi connectivity index (χ4n) is 3.07. The van der Waals surface area contributed by atoms with Gasteiger partial charge in [-0.25, -0.2) is 0 Å². The van der Waals surface area contributed by atoms with E-state index >= 15 is 0 Å². The zero-order valence-corrected chi connectivity index (χ0v) is 10.4. The highest BCUT2D eigenvalue weighted by molar-refractivity contribution is 5.40. The van der Waals surface area contributed by atoms with Crippen LogP contribution in [0.25, 0.3) is 0 Å². The third-order valence-corrected chi connectivity index (χ3v) is 3.99. The first-order valence-electron chi connectivity index (χ1n) is 6.50. The summed E-state index contributed by atoms with van der Waals surface area (Å²) in [5.74, 6) is 0.990. The maximum absolute atomic E-state index is 5.30. The topological polar surface area (TPSA) is 24.5 Å². The van der Waals surface area contributed by atoms with Crippen LogP contribution < -0.4 is 10.1 Å². The van der Waals surface area contributed by atoms with Crippen LogP contribution in [0.2, 0.25) is 0 Å². The summed E-state index contributed by atoms with van der Waals surface area (Å²) in [4.78, 5) is 2.62. The number of methoxy groups -OCH3 is 1. The first kappa shape index (κ1) is 11.1. The number of rotatable bonds is 2. The van der Waals surface area contributed by atoms with Gasteiger partial charge >= 0.3 is 0 Å². The zero-order valence-electron chi connectivity index (χ0n) is 10.4. The van der Waals surface area contributed by atoms with E-state index in [0.29, 0.717) is 6.04 Å². The van der Waals surface area contributed by atoms with E-state index in [0.717, 1.165) is 18.8 Å². The first-order chi connectivity index (χ1) is 8.38. The summed E-state index contributed by atoms with van der Waals surface area (Å²) in [6.07, 6.45) is 2.46. The number of fused-ring (bicyclic) bond motifs is 1. The van der Waals surface area contributed by atoms with Crippen molar-refractivity contribution < 1.29 is 4.74 Å². The highest BCUT2D eigenvalue weighted by atomic mass is 16.5. The lowest BCUT2D eigenvalue weighted by molar-refractivity contribution is 0.173. The van der Waals surface area contributed by atoms with Crippen LogP contribution in [0.5, 0.6) is 5.75 Å². The average Bonchev–Trinajstić information content (AvgIpc) is 2.82. The lowest BCUT2D eigenvalue weighted by atomic mass is 10.1. The standard InChI is InChI=1S/C14H20N2O/c1-17-12-3-4-13-11(10-12)2-5-14(13)16-8-6-15-7-9-16/h3-4,10,14-15H,2,5-9H2,1H3. The van der Waals surface area contributed by atoms with Crippen molar-refractivity contribution in [1.82, 2.24) is 10.2 Å². The van der Waals surface area contributed by atoms with Crippen LogP contribution in [0.3, 0.4) is 0 Å². The molecule has 1 aromatic rings. The number of nitrogens with zero attached hydrogens (tertiary/aromatic N) is 1. The van der Waals surface area contributed by atoms with Crippen LogP contribution in [-0.2, 0) is 6.42 Å². The first-order valence-corrected chi connectivity index (χ1v) is 6.50. The van der Waals surface area contributed by atoms with Crippen LogP contribution in [0.1, 0.15) is 23.6 Å². The summed E-state index contributed by atoms with van der Waals surface area (Å²) in [6, 6.07) is 7.20. The molecule has 2 aliphatic rings. The van der Waals surface area contributed by atoms with Gasteiger partial charge in [0.15, 0.2) is 0 Å². The molecule has 17 heavy (non-hydrogen) atoms. The number of hydrogen-bond donors (Lipinski definition) is 1. The van der Waals surface area contributed by atoms with Gasteiger partial charge in [0.25, 0.3) is 0 Å². The monoisotopic (exact) mass is 232 g/mol. The smallest absolute Gasteiger partial charge is 0.119 e. The molecule has 1 unspecified atom stereocenters. The van der Waals surface area contributed by atoms with E-state index in [9.17, 15) is 0 Å². The summed E-state index contributed by atoms with van der Waals surface area (Å²) >= 11 is 0. The Kier molecular flexibility index (Phi) is 3.04. The second-order valence-electron chi connectivity index (χ2n) is 4.91. The summed E-state index contributed by atoms with van der Waals surface area (Å²) in [5, 5.41) is 3.42. The second kappa shape index (κ2) is 4.67. The number of piperazine rings is 1. The molecule has 1 N–H and O–H groups in total. The van der Waals surface area contributed by atoms with Crippen molar-refractivity contribution in [2.45, 2.75) is 18.9 Å². The molecule has 1 heterocycles. The average molecular weight is 232 g/mol. The lowest BCUT2D eigenvalue weighted by Crippen LogP contribution is -2.44. The van der Waals surface area contributed by atoms with Crippen molar-refractivity contribution in [2.24, 2.45) is 0 Å². The fraction of sp³-hybridized carbons (Fsp3) is 0.571. The Morgan fingerprint density at radius 2 is 2.12 bits per heavy atom. The maximum atomic E-state index is 5.30. The number of nitrogens with one attached hydrogen (secondary N) is 1. The summed E-state index contributed by atoms with van der Waals surface area (Å²) in [6.45, 7) is 4.61. The molecule has 1 aliphatic heterocycles. The second-order valence-corrected chi connectivity index (χ2v) is 4.91. The van der Waals surface area contributed by atoms with Crippen molar-refractivity contribution in [3.05, 3.63) is 29.3 Å². The van der Waals surface area contributed by atoms with Gasteiger partial charge in [-0.2, -0.15) is 0 Å². The van der Waals surface area contributed by atoms with Crippen LogP contribution in [-0.4, -0.2) is 38.2 Å². The summed E-state index contributed by atoms with van der Waals surface area (Å²) < 4.78 is 5.30. The van der Waals surface area contributed by atoms with E-state index in [1.807, 2.05) is 0 Å². The molecule has 1 atom stereocenters. The zero-order chi connectivity index (χ0) is 11.7. The Balaban J connectivity index is 1.82. The molecule has 0 aromatic heterocycles. The van der Waals surface area contributed by atoms with Gasteiger partial charge in [0.05, 0.1) is 7.11 Å². The van der Waals surface area contributed by atoms with E-state index in [-0.39, 0.29) is 0 Å². The van der Waals surface area contributed by atoms with Gasteiger partial charge in [-0.3, -0.25) is 4.90 Å². The number of benzene rings is 1. The molecule has 3 heteroatoms. The van der Waals surface area contributed by atoms with Crippen molar-refractivity contribution in [1.29, 1.82) is 0 Å².